The van der Waals surface area contributed by atoms with Crippen LogP contribution in [0.4, 0.5) is 0 Å². The summed E-state index contributed by atoms with van der Waals surface area (Å²) in [4.78, 5) is 31.3. The van der Waals surface area contributed by atoms with Crippen molar-refractivity contribution in [1.29, 1.82) is 0 Å². The van der Waals surface area contributed by atoms with Gasteiger partial charge in [0, 0.05) is 26.1 Å². The molecule has 1 aliphatic heterocycles. The van der Waals surface area contributed by atoms with Gasteiger partial charge in [0.15, 0.2) is 0 Å². The molecule has 7 heteroatoms. The molecule has 24 heavy (non-hydrogen) atoms. The SMILES string of the molecule is COCC(C)NC(=O)c1sc2nc3n(c(=O)c2c1C)CCCCC3. The van der Waals surface area contributed by atoms with Crippen LogP contribution in [0.3, 0.4) is 0 Å². The maximum atomic E-state index is 12.9. The van der Waals surface area contributed by atoms with Crippen molar-refractivity contribution in [1.82, 2.24) is 14.9 Å². The molecule has 0 bridgehead atoms. The number of hydrogen-bond donors (Lipinski definition) is 1. The third-order valence-corrected chi connectivity index (χ3v) is 5.60. The number of aryl methyl sites for hydroxylation is 2. The molecule has 0 saturated carbocycles. The Morgan fingerprint density at radius 2 is 2.21 bits per heavy atom. The quantitative estimate of drug-likeness (QED) is 0.919. The maximum Gasteiger partial charge on any atom is 0.262 e. The fourth-order valence-electron chi connectivity index (χ4n) is 3.21. The number of ether oxygens (including phenoxy) is 1. The van der Waals surface area contributed by atoms with Crippen LogP contribution in [-0.4, -0.2) is 35.2 Å². The van der Waals surface area contributed by atoms with Gasteiger partial charge in [-0.3, -0.25) is 14.2 Å². The van der Waals surface area contributed by atoms with Gasteiger partial charge in [0.2, 0.25) is 0 Å². The lowest BCUT2D eigenvalue weighted by Gasteiger charge is -2.12. The van der Waals surface area contributed by atoms with Gasteiger partial charge in [0.25, 0.3) is 11.5 Å². The van der Waals surface area contributed by atoms with E-state index in [1.807, 2.05) is 13.8 Å². The first-order valence-corrected chi connectivity index (χ1v) is 9.17. The number of carbonyl (C=O) groups is 1. The molecule has 0 radical (unpaired) electrons. The zero-order valence-corrected chi connectivity index (χ0v) is 15.2. The van der Waals surface area contributed by atoms with E-state index in [4.69, 9.17) is 9.72 Å². The van der Waals surface area contributed by atoms with E-state index < -0.39 is 0 Å². The van der Waals surface area contributed by atoms with Crippen LogP contribution in [0.2, 0.25) is 0 Å². The molecule has 1 atom stereocenters. The molecule has 1 N–H and O–H groups in total. The van der Waals surface area contributed by atoms with Crippen LogP contribution >= 0.6 is 11.3 Å². The van der Waals surface area contributed by atoms with Crippen molar-refractivity contribution in [2.24, 2.45) is 0 Å². The number of fused-ring (bicyclic) bond motifs is 2. The van der Waals surface area contributed by atoms with E-state index in [0.717, 1.165) is 43.6 Å². The second-order valence-corrected chi connectivity index (χ2v) is 7.36. The van der Waals surface area contributed by atoms with E-state index in [1.54, 1.807) is 11.7 Å². The van der Waals surface area contributed by atoms with Gasteiger partial charge < -0.3 is 10.1 Å². The smallest absolute Gasteiger partial charge is 0.262 e. The molecule has 3 rings (SSSR count). The van der Waals surface area contributed by atoms with Crippen molar-refractivity contribution in [3.63, 3.8) is 0 Å². The predicted molar refractivity (Wildman–Crippen MR) is 95.0 cm³/mol. The van der Waals surface area contributed by atoms with Crippen LogP contribution in [0.25, 0.3) is 10.2 Å². The Labute approximate surface area is 144 Å². The van der Waals surface area contributed by atoms with Crippen LogP contribution < -0.4 is 10.9 Å². The van der Waals surface area contributed by atoms with Crippen LogP contribution in [0.15, 0.2) is 4.79 Å². The minimum atomic E-state index is -0.167. The molecular formula is C17H23N3O3S. The second-order valence-electron chi connectivity index (χ2n) is 6.36. The van der Waals surface area contributed by atoms with Crippen LogP contribution in [0, 0.1) is 6.92 Å². The minimum absolute atomic E-state index is 0.00496. The Bertz CT molecular complexity index is 825. The summed E-state index contributed by atoms with van der Waals surface area (Å²) in [7, 11) is 1.60. The summed E-state index contributed by atoms with van der Waals surface area (Å²) >= 11 is 1.31. The summed E-state index contributed by atoms with van der Waals surface area (Å²) in [5, 5.41) is 3.50. The zero-order valence-electron chi connectivity index (χ0n) is 14.3. The highest BCUT2D eigenvalue weighted by molar-refractivity contribution is 7.20. The van der Waals surface area contributed by atoms with Crippen molar-refractivity contribution < 1.29 is 9.53 Å². The molecular weight excluding hydrogens is 326 g/mol. The van der Waals surface area contributed by atoms with Gasteiger partial charge in [-0.1, -0.05) is 6.42 Å². The lowest BCUT2D eigenvalue weighted by atomic mass is 10.2. The first kappa shape index (κ1) is 17.1. The fourth-order valence-corrected chi connectivity index (χ4v) is 4.30. The van der Waals surface area contributed by atoms with E-state index in [9.17, 15) is 9.59 Å². The van der Waals surface area contributed by atoms with E-state index >= 15 is 0 Å². The number of amides is 1. The third-order valence-electron chi connectivity index (χ3n) is 4.41. The van der Waals surface area contributed by atoms with Gasteiger partial charge in [0.1, 0.15) is 10.7 Å². The van der Waals surface area contributed by atoms with Gasteiger partial charge in [0.05, 0.1) is 16.9 Å². The summed E-state index contributed by atoms with van der Waals surface area (Å²) in [6.45, 7) is 4.89. The van der Waals surface area contributed by atoms with Gasteiger partial charge in [-0.15, -0.1) is 11.3 Å². The predicted octanol–water partition coefficient (Wildman–Crippen LogP) is 2.26. The fraction of sp³-hybridized carbons (Fsp3) is 0.588. The lowest BCUT2D eigenvalue weighted by Crippen LogP contribution is -2.35. The van der Waals surface area contributed by atoms with Crippen LogP contribution in [-0.2, 0) is 17.7 Å². The monoisotopic (exact) mass is 349 g/mol. The lowest BCUT2D eigenvalue weighted by molar-refractivity contribution is 0.0909. The van der Waals surface area contributed by atoms with E-state index in [0.29, 0.717) is 21.7 Å². The highest BCUT2D eigenvalue weighted by Crippen LogP contribution is 2.28. The summed E-state index contributed by atoms with van der Waals surface area (Å²) in [5.41, 5.74) is 0.726. The number of carbonyl (C=O) groups excluding carboxylic acids is 1. The number of thiophene rings is 1. The Hall–Kier alpha value is -1.73. The summed E-state index contributed by atoms with van der Waals surface area (Å²) in [6, 6.07) is -0.0853. The number of hydrogen-bond acceptors (Lipinski definition) is 5. The number of nitrogens with zero attached hydrogens (tertiary/aromatic N) is 2. The second kappa shape index (κ2) is 7.03. The molecule has 2 aromatic rings. The van der Waals surface area contributed by atoms with Gasteiger partial charge in [-0.2, -0.15) is 0 Å². The van der Waals surface area contributed by atoms with Crippen LogP contribution in [0.1, 0.15) is 47.2 Å². The first-order valence-electron chi connectivity index (χ1n) is 8.35. The summed E-state index contributed by atoms with van der Waals surface area (Å²) in [5.74, 6) is 0.686. The highest BCUT2D eigenvalue weighted by Gasteiger charge is 2.22. The van der Waals surface area contributed by atoms with E-state index in [1.165, 1.54) is 11.3 Å². The normalized spacial score (nSPS) is 15.8. The average molecular weight is 349 g/mol. The Morgan fingerprint density at radius 3 is 2.96 bits per heavy atom. The molecule has 1 aliphatic rings. The molecule has 0 spiro atoms. The Kier molecular flexibility index (Phi) is 5.01. The van der Waals surface area contributed by atoms with Crippen molar-refractivity contribution >= 4 is 27.5 Å². The molecule has 0 saturated heterocycles. The average Bonchev–Trinajstić information content (AvgIpc) is 2.71. The summed E-state index contributed by atoms with van der Waals surface area (Å²) in [6.07, 6.45) is 4.02. The molecule has 2 aromatic heterocycles. The van der Waals surface area contributed by atoms with E-state index in [2.05, 4.69) is 5.32 Å². The molecule has 0 fully saturated rings. The first-order chi connectivity index (χ1) is 11.5. The minimum Gasteiger partial charge on any atom is -0.383 e. The third kappa shape index (κ3) is 3.10. The van der Waals surface area contributed by atoms with Crippen molar-refractivity contribution in [2.75, 3.05) is 13.7 Å². The molecule has 1 unspecified atom stereocenters. The maximum absolute atomic E-state index is 12.9. The van der Waals surface area contributed by atoms with Crippen molar-refractivity contribution in [3.05, 3.63) is 26.6 Å². The molecule has 130 valence electrons. The van der Waals surface area contributed by atoms with Gasteiger partial charge >= 0.3 is 0 Å². The van der Waals surface area contributed by atoms with Crippen molar-refractivity contribution in [3.8, 4) is 0 Å². The Balaban J connectivity index is 2.03. The molecule has 6 nitrogen and oxygen atoms in total. The highest BCUT2D eigenvalue weighted by atomic mass is 32.1. The number of rotatable bonds is 4. The number of aromatic nitrogens is 2. The summed E-state index contributed by atoms with van der Waals surface area (Å²) < 4.78 is 6.85. The van der Waals surface area contributed by atoms with Crippen LogP contribution in [0.5, 0.6) is 0 Å². The molecule has 0 aromatic carbocycles. The molecule has 1 amide bonds. The van der Waals surface area contributed by atoms with E-state index in [-0.39, 0.29) is 17.5 Å². The number of methoxy groups -OCH3 is 1. The largest absolute Gasteiger partial charge is 0.383 e. The van der Waals surface area contributed by atoms with Gasteiger partial charge in [-0.25, -0.2) is 4.98 Å². The topological polar surface area (TPSA) is 73.2 Å². The molecule has 0 aliphatic carbocycles. The van der Waals surface area contributed by atoms with Crippen molar-refractivity contribution in [2.45, 2.75) is 52.1 Å². The number of nitrogens with one attached hydrogen (secondary N) is 1. The van der Waals surface area contributed by atoms with Gasteiger partial charge in [-0.05, 0) is 32.3 Å². The molecule has 3 heterocycles. The zero-order chi connectivity index (χ0) is 17.3. The Morgan fingerprint density at radius 1 is 1.42 bits per heavy atom. The standard InChI is InChI=1S/C17H23N3O3S/c1-10(9-23-3)18-15(21)14-11(2)13-16(24-14)19-12-7-5-4-6-8-20(12)17(13)22/h10H,4-9H2,1-3H3,(H,18,21).